The minimum absolute atomic E-state index is 0.328. The quantitative estimate of drug-likeness (QED) is 0.436. The van der Waals surface area contributed by atoms with Crippen LogP contribution in [0.3, 0.4) is 0 Å². The van der Waals surface area contributed by atoms with Gasteiger partial charge in [0, 0.05) is 23.6 Å². The van der Waals surface area contributed by atoms with Gasteiger partial charge >= 0.3 is 5.97 Å². The number of furan rings is 1. The molecule has 1 aliphatic rings. The normalized spacial score (nSPS) is 14.0. The fourth-order valence-electron chi connectivity index (χ4n) is 4.10. The lowest BCUT2D eigenvalue weighted by Crippen LogP contribution is -2.44. The van der Waals surface area contributed by atoms with E-state index in [1.807, 2.05) is 12.1 Å². The molecule has 0 saturated heterocycles. The van der Waals surface area contributed by atoms with E-state index >= 15 is 0 Å². The second-order valence-corrected chi connectivity index (χ2v) is 8.20. The molecule has 2 aromatic carbocycles. The van der Waals surface area contributed by atoms with Gasteiger partial charge < -0.3 is 24.9 Å². The first kappa shape index (κ1) is 24.9. The lowest BCUT2D eigenvalue weighted by molar-refractivity contribution is -0.145. The molecule has 8 nitrogen and oxygen atoms in total. The number of carbonyl (C=O) groups excluding carboxylic acids is 3. The van der Waals surface area contributed by atoms with Crippen molar-refractivity contribution in [2.75, 3.05) is 20.8 Å². The van der Waals surface area contributed by atoms with Gasteiger partial charge in [0.1, 0.15) is 17.2 Å². The number of aliphatic hydroxyl groups excluding tert-OH is 1. The monoisotopic (exact) mass is 492 g/mol. The molecule has 0 unspecified atom stereocenters. The van der Waals surface area contributed by atoms with Crippen molar-refractivity contribution in [2.24, 2.45) is 0 Å². The molecule has 36 heavy (non-hydrogen) atoms. The molecule has 2 amide bonds. The van der Waals surface area contributed by atoms with E-state index in [1.54, 1.807) is 30.4 Å². The van der Waals surface area contributed by atoms with Gasteiger partial charge in [-0.1, -0.05) is 12.1 Å². The fraction of sp³-hybridized carbons (Fsp3) is 0.222. The summed E-state index contributed by atoms with van der Waals surface area (Å²) in [5.41, 5.74) is 3.39. The summed E-state index contributed by atoms with van der Waals surface area (Å²) >= 11 is 0. The number of hydrogen-bond donors (Lipinski definition) is 3. The Morgan fingerprint density at radius 1 is 1.11 bits per heavy atom. The maximum absolute atomic E-state index is 13.4. The number of amides is 2. The molecule has 1 atom stereocenters. The summed E-state index contributed by atoms with van der Waals surface area (Å²) in [7, 11) is 2.70. The summed E-state index contributed by atoms with van der Waals surface area (Å²) in [6, 6.07) is 9.96. The first-order valence-corrected chi connectivity index (χ1v) is 11.3. The third-order valence-electron chi connectivity index (χ3n) is 5.96. The number of ether oxygens (including phenoxy) is 1. The van der Waals surface area contributed by atoms with Crippen LogP contribution in [0.15, 0.2) is 64.6 Å². The fourth-order valence-corrected chi connectivity index (χ4v) is 4.10. The van der Waals surface area contributed by atoms with Crippen LogP contribution in [0.4, 0.5) is 4.39 Å². The number of nitrogens with one attached hydrogen (secondary N) is 2. The van der Waals surface area contributed by atoms with Crippen LogP contribution in [0.2, 0.25) is 0 Å². The van der Waals surface area contributed by atoms with E-state index in [1.165, 1.54) is 26.3 Å². The maximum Gasteiger partial charge on any atom is 0.330 e. The summed E-state index contributed by atoms with van der Waals surface area (Å²) in [4.78, 5) is 37.2. The second kappa shape index (κ2) is 10.6. The summed E-state index contributed by atoms with van der Waals surface area (Å²) < 4.78 is 24.0. The van der Waals surface area contributed by atoms with Crippen LogP contribution in [0.5, 0.6) is 0 Å². The zero-order chi connectivity index (χ0) is 25.8. The Morgan fingerprint density at radius 3 is 2.50 bits per heavy atom. The van der Waals surface area contributed by atoms with Gasteiger partial charge in [-0.3, -0.25) is 9.59 Å². The number of carbonyl (C=O) groups is 3. The number of rotatable bonds is 7. The number of halogens is 1. The van der Waals surface area contributed by atoms with Crippen molar-refractivity contribution >= 4 is 34.3 Å². The molecule has 1 aliphatic carbocycles. The van der Waals surface area contributed by atoms with Crippen LogP contribution < -0.4 is 10.6 Å². The zero-order valence-electron chi connectivity index (χ0n) is 19.8. The number of allylic oxidation sites excluding steroid dienone is 2. The SMILES string of the molecule is CNC(=O)c1c(-c2ccc(F)cc2)oc2ccc(C3=CC(C(=O)N[C@H](CO)C(=O)OC)=CCC3)cc12. The molecule has 1 aromatic heterocycles. The summed E-state index contributed by atoms with van der Waals surface area (Å²) in [5.74, 6) is -1.66. The van der Waals surface area contributed by atoms with E-state index in [-0.39, 0.29) is 5.91 Å². The van der Waals surface area contributed by atoms with Gasteiger partial charge in [-0.25, -0.2) is 9.18 Å². The smallest absolute Gasteiger partial charge is 0.330 e. The topological polar surface area (TPSA) is 118 Å². The average Bonchev–Trinajstić information content (AvgIpc) is 3.30. The van der Waals surface area contributed by atoms with Crippen molar-refractivity contribution in [1.82, 2.24) is 10.6 Å². The van der Waals surface area contributed by atoms with E-state index in [0.29, 0.717) is 46.3 Å². The van der Waals surface area contributed by atoms with Gasteiger partial charge in [-0.15, -0.1) is 0 Å². The van der Waals surface area contributed by atoms with Gasteiger partial charge in [0.15, 0.2) is 6.04 Å². The lowest BCUT2D eigenvalue weighted by Gasteiger charge is -2.17. The highest BCUT2D eigenvalue weighted by Gasteiger charge is 2.24. The Kier molecular flexibility index (Phi) is 7.30. The van der Waals surface area contributed by atoms with E-state index in [2.05, 4.69) is 15.4 Å². The van der Waals surface area contributed by atoms with E-state index in [0.717, 1.165) is 11.1 Å². The van der Waals surface area contributed by atoms with E-state index < -0.39 is 30.3 Å². The molecular weight excluding hydrogens is 467 g/mol. The molecular formula is C27H25FN2O6. The molecule has 0 bridgehead atoms. The van der Waals surface area contributed by atoms with Crippen LogP contribution in [-0.2, 0) is 14.3 Å². The van der Waals surface area contributed by atoms with Crippen molar-refractivity contribution in [3.8, 4) is 11.3 Å². The Bertz CT molecular complexity index is 1390. The third-order valence-corrected chi connectivity index (χ3v) is 5.96. The van der Waals surface area contributed by atoms with Gasteiger partial charge in [0.25, 0.3) is 11.8 Å². The summed E-state index contributed by atoms with van der Waals surface area (Å²) in [5, 5.41) is 15.1. The molecule has 0 radical (unpaired) electrons. The molecule has 0 spiro atoms. The molecule has 0 aliphatic heterocycles. The molecule has 3 aromatic rings. The first-order chi connectivity index (χ1) is 17.4. The van der Waals surface area contributed by atoms with Crippen LogP contribution >= 0.6 is 0 Å². The van der Waals surface area contributed by atoms with E-state index in [9.17, 15) is 23.9 Å². The summed E-state index contributed by atoms with van der Waals surface area (Å²) in [6.07, 6.45) is 4.71. The van der Waals surface area contributed by atoms with Crippen molar-refractivity contribution in [2.45, 2.75) is 18.9 Å². The third kappa shape index (κ3) is 4.92. The minimum Gasteiger partial charge on any atom is -0.467 e. The number of hydrogen-bond acceptors (Lipinski definition) is 6. The highest BCUT2D eigenvalue weighted by Crippen LogP contribution is 2.36. The average molecular weight is 493 g/mol. The molecule has 4 rings (SSSR count). The Labute approximate surface area is 206 Å². The largest absolute Gasteiger partial charge is 0.467 e. The Balaban J connectivity index is 1.71. The van der Waals surface area contributed by atoms with Gasteiger partial charge in [0.05, 0.1) is 19.3 Å². The molecule has 0 fully saturated rings. The zero-order valence-corrected chi connectivity index (χ0v) is 19.8. The standard InChI is InChI=1S/C27H25FN2O6/c1-29-26(33)23-20-13-17(8-11-22(20)36-24(23)15-6-9-19(28)10-7-15)16-4-3-5-18(12-16)25(32)30-21(14-31)27(34)35-2/h5-13,21,31H,3-4,14H2,1-2H3,(H,29,33)(H,30,32)/t21-/m1/s1. The van der Waals surface area contributed by atoms with Crippen LogP contribution in [0.1, 0.15) is 28.8 Å². The van der Waals surface area contributed by atoms with E-state index in [4.69, 9.17) is 4.42 Å². The number of benzene rings is 2. The van der Waals surface area contributed by atoms with Crippen molar-refractivity contribution < 1.29 is 33.0 Å². The molecule has 3 N–H and O–H groups in total. The highest BCUT2D eigenvalue weighted by atomic mass is 19.1. The lowest BCUT2D eigenvalue weighted by atomic mass is 9.92. The highest BCUT2D eigenvalue weighted by molar-refractivity contribution is 6.11. The van der Waals surface area contributed by atoms with Gasteiger partial charge in [-0.2, -0.15) is 0 Å². The van der Waals surface area contributed by atoms with Crippen molar-refractivity contribution in [1.29, 1.82) is 0 Å². The predicted molar refractivity (Wildman–Crippen MR) is 131 cm³/mol. The molecule has 1 heterocycles. The number of fused-ring (bicyclic) bond motifs is 1. The molecule has 9 heteroatoms. The summed E-state index contributed by atoms with van der Waals surface area (Å²) in [6.45, 7) is -0.585. The molecule has 0 saturated carbocycles. The maximum atomic E-state index is 13.4. The van der Waals surface area contributed by atoms with Crippen molar-refractivity contribution in [3.63, 3.8) is 0 Å². The Hall–Kier alpha value is -4.24. The second-order valence-electron chi connectivity index (χ2n) is 8.20. The van der Waals surface area contributed by atoms with Crippen LogP contribution in [-0.4, -0.2) is 49.7 Å². The minimum atomic E-state index is -1.16. The molecule has 186 valence electrons. The number of methoxy groups -OCH3 is 1. The number of esters is 1. The predicted octanol–water partition coefficient (Wildman–Crippen LogP) is 3.35. The van der Waals surface area contributed by atoms with Crippen LogP contribution in [0, 0.1) is 5.82 Å². The number of aliphatic hydroxyl groups is 1. The van der Waals surface area contributed by atoms with Crippen LogP contribution in [0.25, 0.3) is 27.9 Å². The first-order valence-electron chi connectivity index (χ1n) is 11.3. The van der Waals surface area contributed by atoms with Gasteiger partial charge in [-0.05, 0) is 66.5 Å². The Morgan fingerprint density at radius 2 is 1.83 bits per heavy atom. The van der Waals surface area contributed by atoms with Gasteiger partial charge in [0.2, 0.25) is 0 Å². The van der Waals surface area contributed by atoms with Crippen molar-refractivity contribution in [3.05, 3.63) is 77.1 Å².